The maximum atomic E-state index is 13.0. The number of hydrogen-bond donors (Lipinski definition) is 1. The van der Waals surface area contributed by atoms with Crippen molar-refractivity contribution in [2.45, 2.75) is 0 Å². The topological polar surface area (TPSA) is 18.5 Å². The average Bonchev–Trinajstić information content (AvgIpc) is 2.58. The molecule has 0 atom stereocenters. The molecule has 0 amide bonds. The largest absolute Gasteiger partial charge is 0.368 e. The minimum Gasteiger partial charge on any atom is -0.368 e. The number of piperazine rings is 1. The Hall–Kier alpha value is -1.85. The van der Waals surface area contributed by atoms with Gasteiger partial charge in [0.1, 0.15) is 5.82 Å². The molecule has 0 aliphatic carbocycles. The zero-order valence-electron chi connectivity index (χ0n) is 12.5. The highest BCUT2D eigenvalue weighted by atomic mass is 35.5. The Balaban J connectivity index is 1.57. The van der Waals surface area contributed by atoms with Crippen LogP contribution in [0.25, 0.3) is 0 Å². The Morgan fingerprint density at radius 2 is 1.65 bits per heavy atom. The fraction of sp³-hybridized carbons (Fsp3) is 0.235. The van der Waals surface area contributed by atoms with Gasteiger partial charge in [-0.15, -0.1) is 0 Å². The van der Waals surface area contributed by atoms with Crippen molar-refractivity contribution in [3.63, 3.8) is 0 Å². The molecule has 3 nitrogen and oxygen atoms in total. The number of hydrogen-bond acceptors (Lipinski definition) is 2. The summed E-state index contributed by atoms with van der Waals surface area (Å²) >= 11 is 11.6. The van der Waals surface area contributed by atoms with Crippen molar-refractivity contribution in [1.29, 1.82) is 0 Å². The van der Waals surface area contributed by atoms with Gasteiger partial charge in [0, 0.05) is 31.9 Å². The van der Waals surface area contributed by atoms with Crippen LogP contribution >= 0.6 is 23.8 Å². The molecule has 1 heterocycles. The molecular formula is C17H17ClFN3S. The zero-order chi connectivity index (χ0) is 16.2. The van der Waals surface area contributed by atoms with E-state index < -0.39 is 0 Å². The second kappa shape index (κ2) is 7.15. The summed E-state index contributed by atoms with van der Waals surface area (Å²) in [4.78, 5) is 4.35. The first-order chi connectivity index (χ1) is 11.1. The summed E-state index contributed by atoms with van der Waals surface area (Å²) in [6.07, 6.45) is 0. The van der Waals surface area contributed by atoms with Crippen molar-refractivity contribution in [2.24, 2.45) is 0 Å². The third kappa shape index (κ3) is 3.92. The van der Waals surface area contributed by atoms with Gasteiger partial charge in [0.05, 0.1) is 10.7 Å². The number of anilines is 2. The highest BCUT2D eigenvalue weighted by Crippen LogP contribution is 2.22. The van der Waals surface area contributed by atoms with Crippen LogP contribution in [0.4, 0.5) is 15.8 Å². The van der Waals surface area contributed by atoms with E-state index in [-0.39, 0.29) is 5.82 Å². The van der Waals surface area contributed by atoms with E-state index in [0.717, 1.165) is 37.6 Å². The summed E-state index contributed by atoms with van der Waals surface area (Å²) in [7, 11) is 0. The van der Waals surface area contributed by atoms with E-state index in [1.807, 2.05) is 36.4 Å². The van der Waals surface area contributed by atoms with Gasteiger partial charge in [-0.25, -0.2) is 4.39 Å². The second-order valence-electron chi connectivity index (χ2n) is 5.36. The quantitative estimate of drug-likeness (QED) is 0.826. The molecule has 1 fully saturated rings. The number of thiocarbonyl (C=S) groups is 1. The lowest BCUT2D eigenvalue weighted by Gasteiger charge is -2.37. The zero-order valence-corrected chi connectivity index (χ0v) is 14.1. The third-order valence-electron chi connectivity index (χ3n) is 3.87. The van der Waals surface area contributed by atoms with Crippen molar-refractivity contribution >= 4 is 40.3 Å². The second-order valence-corrected chi connectivity index (χ2v) is 6.15. The van der Waals surface area contributed by atoms with Crippen LogP contribution in [0.1, 0.15) is 0 Å². The minimum absolute atomic E-state index is 0.211. The molecule has 1 aliphatic rings. The Morgan fingerprint density at radius 1 is 1.00 bits per heavy atom. The van der Waals surface area contributed by atoms with Gasteiger partial charge in [0.25, 0.3) is 0 Å². The summed E-state index contributed by atoms with van der Waals surface area (Å²) < 4.78 is 13.0. The summed E-state index contributed by atoms with van der Waals surface area (Å²) in [5, 5.41) is 4.53. The summed E-state index contributed by atoms with van der Waals surface area (Å²) in [6, 6.07) is 14.1. The van der Waals surface area contributed by atoms with Crippen molar-refractivity contribution in [2.75, 3.05) is 36.4 Å². The normalized spacial score (nSPS) is 14.7. The molecule has 6 heteroatoms. The highest BCUT2D eigenvalue weighted by molar-refractivity contribution is 7.80. The fourth-order valence-electron chi connectivity index (χ4n) is 2.58. The number of halogens is 2. The molecule has 0 unspecified atom stereocenters. The number of rotatable bonds is 2. The Bertz CT molecular complexity index is 684. The van der Waals surface area contributed by atoms with Gasteiger partial charge in [-0.1, -0.05) is 23.7 Å². The van der Waals surface area contributed by atoms with E-state index in [0.29, 0.717) is 10.1 Å². The number of nitrogens with zero attached hydrogens (tertiary/aromatic N) is 2. The van der Waals surface area contributed by atoms with Crippen LogP contribution in [0.3, 0.4) is 0 Å². The summed E-state index contributed by atoms with van der Waals surface area (Å²) in [5.74, 6) is -0.211. The molecule has 1 saturated heterocycles. The van der Waals surface area contributed by atoms with Gasteiger partial charge in [-0.3, -0.25) is 0 Å². The number of para-hydroxylation sites is 1. The van der Waals surface area contributed by atoms with Crippen LogP contribution in [0, 0.1) is 5.82 Å². The van der Waals surface area contributed by atoms with Crippen LogP contribution in [-0.4, -0.2) is 36.2 Å². The summed E-state index contributed by atoms with van der Waals surface area (Å²) in [6.45, 7) is 3.31. The molecule has 0 bridgehead atoms. The van der Waals surface area contributed by atoms with E-state index in [1.165, 1.54) is 12.1 Å². The van der Waals surface area contributed by atoms with Crippen molar-refractivity contribution < 1.29 is 4.39 Å². The minimum atomic E-state index is -0.211. The van der Waals surface area contributed by atoms with Gasteiger partial charge in [0.15, 0.2) is 5.11 Å². The molecule has 2 aromatic carbocycles. The van der Waals surface area contributed by atoms with E-state index in [2.05, 4.69) is 15.1 Å². The molecule has 1 aliphatic heterocycles. The highest BCUT2D eigenvalue weighted by Gasteiger charge is 2.19. The molecule has 23 heavy (non-hydrogen) atoms. The smallest absolute Gasteiger partial charge is 0.173 e. The monoisotopic (exact) mass is 349 g/mol. The molecule has 3 rings (SSSR count). The van der Waals surface area contributed by atoms with Gasteiger partial charge in [0.2, 0.25) is 0 Å². The SMILES string of the molecule is Fc1ccc(N2CCN(C(=S)Nc3ccccc3Cl)CC2)cc1. The van der Waals surface area contributed by atoms with E-state index >= 15 is 0 Å². The molecular weight excluding hydrogens is 333 g/mol. The molecule has 0 spiro atoms. The van der Waals surface area contributed by atoms with E-state index in [9.17, 15) is 4.39 Å². The predicted octanol–water partition coefficient (Wildman–Crippen LogP) is 4.00. The lowest BCUT2D eigenvalue weighted by Crippen LogP contribution is -2.50. The Labute approximate surface area is 145 Å². The van der Waals surface area contributed by atoms with Gasteiger partial charge in [-0.05, 0) is 48.6 Å². The Morgan fingerprint density at radius 3 is 2.30 bits per heavy atom. The molecule has 0 radical (unpaired) electrons. The molecule has 1 N–H and O–H groups in total. The number of benzene rings is 2. The molecule has 0 saturated carbocycles. The van der Waals surface area contributed by atoms with Crippen molar-refractivity contribution in [3.05, 3.63) is 59.4 Å². The maximum Gasteiger partial charge on any atom is 0.173 e. The number of nitrogens with one attached hydrogen (secondary N) is 1. The predicted molar refractivity (Wildman–Crippen MR) is 97.9 cm³/mol. The molecule has 0 aromatic heterocycles. The van der Waals surface area contributed by atoms with Gasteiger partial charge < -0.3 is 15.1 Å². The lowest BCUT2D eigenvalue weighted by atomic mass is 10.2. The van der Waals surface area contributed by atoms with E-state index in [4.69, 9.17) is 23.8 Å². The summed E-state index contributed by atoms with van der Waals surface area (Å²) in [5.41, 5.74) is 1.86. The molecule has 120 valence electrons. The van der Waals surface area contributed by atoms with E-state index in [1.54, 1.807) is 0 Å². The lowest BCUT2D eigenvalue weighted by molar-refractivity contribution is 0.391. The molecule has 2 aromatic rings. The Kier molecular flexibility index (Phi) is 4.98. The first kappa shape index (κ1) is 16.0. The first-order valence-electron chi connectivity index (χ1n) is 7.44. The first-order valence-corrected chi connectivity index (χ1v) is 8.23. The van der Waals surface area contributed by atoms with Crippen molar-refractivity contribution in [3.8, 4) is 0 Å². The van der Waals surface area contributed by atoms with Gasteiger partial charge in [-0.2, -0.15) is 0 Å². The van der Waals surface area contributed by atoms with Crippen LogP contribution < -0.4 is 10.2 Å². The van der Waals surface area contributed by atoms with Crippen LogP contribution in [-0.2, 0) is 0 Å². The van der Waals surface area contributed by atoms with Crippen LogP contribution in [0.15, 0.2) is 48.5 Å². The maximum absolute atomic E-state index is 13.0. The average molecular weight is 350 g/mol. The van der Waals surface area contributed by atoms with Crippen LogP contribution in [0.2, 0.25) is 5.02 Å². The van der Waals surface area contributed by atoms with Gasteiger partial charge >= 0.3 is 0 Å². The third-order valence-corrected chi connectivity index (χ3v) is 4.56. The standard InChI is InChI=1S/C17H17ClFN3S/c18-15-3-1-2-4-16(15)20-17(23)22-11-9-21(10-12-22)14-7-5-13(19)6-8-14/h1-8H,9-12H2,(H,20,23). The van der Waals surface area contributed by atoms with Crippen LogP contribution in [0.5, 0.6) is 0 Å². The fourth-order valence-corrected chi connectivity index (χ4v) is 3.05. The van der Waals surface area contributed by atoms with Crippen molar-refractivity contribution in [1.82, 2.24) is 4.90 Å².